The molecule has 0 aliphatic rings. The molecule has 2 heterocycles. The van der Waals surface area contributed by atoms with Crippen LogP contribution in [0.5, 0.6) is 11.6 Å². The quantitative estimate of drug-likeness (QED) is 0.850. The molecule has 0 amide bonds. The highest BCUT2D eigenvalue weighted by Gasteiger charge is 2.11. The molecule has 0 spiro atoms. The number of ether oxygens (including phenoxy) is 1. The zero-order valence-corrected chi connectivity index (χ0v) is 13.1. The van der Waals surface area contributed by atoms with Crippen LogP contribution in [0.15, 0.2) is 29.0 Å². The van der Waals surface area contributed by atoms with Crippen molar-refractivity contribution in [2.24, 2.45) is 0 Å². The van der Waals surface area contributed by atoms with Crippen LogP contribution < -0.4 is 10.1 Å². The number of rotatable bonds is 4. The highest BCUT2D eigenvalue weighted by molar-refractivity contribution is 9.10. The van der Waals surface area contributed by atoms with Crippen molar-refractivity contribution in [3.05, 3.63) is 39.0 Å². The lowest BCUT2D eigenvalue weighted by Gasteiger charge is -2.10. The monoisotopic (exact) mass is 361 g/mol. The molecule has 0 unspecified atom stereocenters. The van der Waals surface area contributed by atoms with Gasteiger partial charge in [0, 0.05) is 17.2 Å². The summed E-state index contributed by atoms with van der Waals surface area (Å²) in [6, 6.07) is 3.36. The lowest BCUT2D eigenvalue weighted by atomic mass is 10.4. The molecule has 1 N–H and O–H groups in total. The molecule has 2 rings (SSSR count). The Kier molecular flexibility index (Phi) is 4.85. The van der Waals surface area contributed by atoms with Gasteiger partial charge < -0.3 is 10.1 Å². The van der Waals surface area contributed by atoms with E-state index in [9.17, 15) is 0 Å². The maximum absolute atomic E-state index is 6.06. The topological polar surface area (TPSA) is 47.0 Å². The summed E-state index contributed by atoms with van der Waals surface area (Å²) in [6.07, 6.45) is 3.23. The SMILES string of the molecule is CCNc1nc(Oc2cncc(Br)c2)c(Cl)cc1Cl. The molecule has 0 fully saturated rings. The van der Waals surface area contributed by atoms with Crippen molar-refractivity contribution in [2.75, 3.05) is 11.9 Å². The Labute approximate surface area is 129 Å². The Morgan fingerprint density at radius 2 is 2.05 bits per heavy atom. The number of halogens is 3. The summed E-state index contributed by atoms with van der Waals surface area (Å²) in [6.45, 7) is 2.65. The molecule has 0 saturated carbocycles. The van der Waals surface area contributed by atoms with Crippen LogP contribution in [0.1, 0.15) is 6.92 Å². The van der Waals surface area contributed by atoms with Crippen molar-refractivity contribution in [2.45, 2.75) is 6.92 Å². The number of nitrogens with one attached hydrogen (secondary N) is 1. The van der Waals surface area contributed by atoms with E-state index in [4.69, 9.17) is 27.9 Å². The first-order chi connectivity index (χ1) is 9.10. The Balaban J connectivity index is 2.31. The first-order valence-corrected chi connectivity index (χ1v) is 7.03. The Hall–Kier alpha value is -1.04. The van der Waals surface area contributed by atoms with Crippen molar-refractivity contribution in [1.82, 2.24) is 9.97 Å². The van der Waals surface area contributed by atoms with Gasteiger partial charge in [0.2, 0.25) is 5.88 Å². The summed E-state index contributed by atoms with van der Waals surface area (Å²) in [5, 5.41) is 3.82. The van der Waals surface area contributed by atoms with Crippen molar-refractivity contribution in [1.29, 1.82) is 0 Å². The minimum atomic E-state index is 0.280. The largest absolute Gasteiger partial charge is 0.436 e. The third-order valence-electron chi connectivity index (χ3n) is 2.14. The van der Waals surface area contributed by atoms with Gasteiger partial charge in [0.15, 0.2) is 0 Å². The fourth-order valence-electron chi connectivity index (χ4n) is 1.37. The van der Waals surface area contributed by atoms with Crippen molar-refractivity contribution >= 4 is 44.9 Å². The third kappa shape index (κ3) is 3.72. The summed E-state index contributed by atoms with van der Waals surface area (Å²) >= 11 is 15.4. The normalized spacial score (nSPS) is 10.3. The lowest BCUT2D eigenvalue weighted by molar-refractivity contribution is 0.461. The molecule has 0 saturated heterocycles. The van der Waals surface area contributed by atoms with Gasteiger partial charge in [0.1, 0.15) is 16.6 Å². The van der Waals surface area contributed by atoms with Gasteiger partial charge in [-0.3, -0.25) is 4.98 Å². The van der Waals surface area contributed by atoms with Crippen molar-refractivity contribution < 1.29 is 4.74 Å². The first-order valence-electron chi connectivity index (χ1n) is 5.48. The molecule has 0 aliphatic heterocycles. The molecule has 0 bridgehead atoms. The van der Waals surface area contributed by atoms with E-state index in [2.05, 4.69) is 31.2 Å². The Morgan fingerprint density at radius 1 is 1.26 bits per heavy atom. The number of hydrogen-bond acceptors (Lipinski definition) is 4. The second-order valence-electron chi connectivity index (χ2n) is 3.58. The van der Waals surface area contributed by atoms with E-state index in [0.717, 1.165) is 4.47 Å². The third-order valence-corrected chi connectivity index (χ3v) is 3.13. The van der Waals surface area contributed by atoms with Crippen LogP contribution in [-0.4, -0.2) is 16.5 Å². The van der Waals surface area contributed by atoms with E-state index >= 15 is 0 Å². The van der Waals surface area contributed by atoms with E-state index in [1.165, 1.54) is 0 Å². The molecular formula is C12H10BrCl2N3O. The van der Waals surface area contributed by atoms with Crippen LogP contribution in [0.3, 0.4) is 0 Å². The van der Waals surface area contributed by atoms with E-state index in [1.807, 2.05) is 6.92 Å². The van der Waals surface area contributed by atoms with Crippen LogP contribution >= 0.6 is 39.1 Å². The summed E-state index contributed by atoms with van der Waals surface area (Å²) in [7, 11) is 0. The number of hydrogen-bond donors (Lipinski definition) is 1. The average Bonchev–Trinajstić information content (AvgIpc) is 2.35. The minimum Gasteiger partial charge on any atom is -0.436 e. The fourth-order valence-corrected chi connectivity index (χ4v) is 2.18. The summed E-state index contributed by atoms with van der Waals surface area (Å²) < 4.78 is 6.41. The number of anilines is 1. The van der Waals surface area contributed by atoms with Gasteiger partial charge in [0.25, 0.3) is 0 Å². The van der Waals surface area contributed by atoms with Crippen LogP contribution in [0.2, 0.25) is 10.0 Å². The number of aromatic nitrogens is 2. The van der Waals surface area contributed by atoms with Gasteiger partial charge >= 0.3 is 0 Å². The predicted octanol–water partition coefficient (Wildman–Crippen LogP) is 4.77. The molecule has 0 atom stereocenters. The maximum atomic E-state index is 6.06. The summed E-state index contributed by atoms with van der Waals surface area (Å²) in [4.78, 5) is 8.25. The first kappa shape index (κ1) is 14.4. The van der Waals surface area contributed by atoms with Crippen LogP contribution in [-0.2, 0) is 0 Å². The van der Waals surface area contributed by atoms with Crippen LogP contribution in [0.25, 0.3) is 0 Å². The zero-order valence-electron chi connectivity index (χ0n) is 9.95. The molecule has 4 nitrogen and oxygen atoms in total. The smallest absolute Gasteiger partial charge is 0.240 e. The van der Waals surface area contributed by atoms with E-state index < -0.39 is 0 Å². The van der Waals surface area contributed by atoms with Crippen molar-refractivity contribution in [3.63, 3.8) is 0 Å². The minimum absolute atomic E-state index is 0.280. The number of nitrogens with zero attached hydrogens (tertiary/aromatic N) is 2. The lowest BCUT2D eigenvalue weighted by Crippen LogP contribution is -2.01. The van der Waals surface area contributed by atoms with Gasteiger partial charge in [0.05, 0.1) is 11.2 Å². The molecule has 7 heteroatoms. The average molecular weight is 363 g/mol. The van der Waals surface area contributed by atoms with E-state index in [1.54, 1.807) is 24.5 Å². The van der Waals surface area contributed by atoms with Gasteiger partial charge in [-0.15, -0.1) is 0 Å². The van der Waals surface area contributed by atoms with Gasteiger partial charge in [-0.05, 0) is 35.0 Å². The summed E-state index contributed by atoms with van der Waals surface area (Å²) in [5.74, 6) is 1.35. The van der Waals surface area contributed by atoms with E-state index in [0.29, 0.717) is 28.2 Å². The predicted molar refractivity (Wildman–Crippen MR) is 80.4 cm³/mol. The summed E-state index contributed by atoms with van der Waals surface area (Å²) in [5.41, 5.74) is 0. The molecule has 0 aromatic carbocycles. The van der Waals surface area contributed by atoms with Gasteiger partial charge in [-0.2, -0.15) is 4.98 Å². The number of pyridine rings is 2. The fraction of sp³-hybridized carbons (Fsp3) is 0.167. The molecule has 0 aliphatic carbocycles. The Morgan fingerprint density at radius 3 is 2.74 bits per heavy atom. The Bertz CT molecular complexity index is 595. The van der Waals surface area contributed by atoms with Crippen LogP contribution in [0, 0.1) is 0 Å². The molecule has 2 aromatic heterocycles. The zero-order chi connectivity index (χ0) is 13.8. The van der Waals surface area contributed by atoms with Crippen molar-refractivity contribution in [3.8, 4) is 11.6 Å². The van der Waals surface area contributed by atoms with Gasteiger partial charge in [-0.1, -0.05) is 23.2 Å². The molecular weight excluding hydrogens is 353 g/mol. The van der Waals surface area contributed by atoms with E-state index in [-0.39, 0.29) is 5.88 Å². The maximum Gasteiger partial charge on any atom is 0.240 e. The molecule has 100 valence electrons. The second-order valence-corrected chi connectivity index (χ2v) is 5.31. The second kappa shape index (κ2) is 6.41. The highest BCUT2D eigenvalue weighted by atomic mass is 79.9. The molecule has 2 aromatic rings. The molecule has 19 heavy (non-hydrogen) atoms. The molecule has 0 radical (unpaired) electrons. The standard InChI is InChI=1S/C12H10BrCl2N3O/c1-2-17-11-9(14)4-10(15)12(18-11)19-8-3-7(13)5-16-6-8/h3-6H,2H2,1H3,(H,17,18). The van der Waals surface area contributed by atoms with Gasteiger partial charge in [-0.25, -0.2) is 0 Å². The highest BCUT2D eigenvalue weighted by Crippen LogP contribution is 2.33. The van der Waals surface area contributed by atoms with Crippen LogP contribution in [0.4, 0.5) is 5.82 Å².